The maximum atomic E-state index is 5.85. The fraction of sp³-hybridized carbons (Fsp3) is 1.00. The molecule has 1 atom stereocenters. The van der Waals surface area contributed by atoms with Crippen molar-refractivity contribution in [3.8, 4) is 0 Å². The quantitative estimate of drug-likeness (QED) is 0.651. The molecule has 88 valence electrons. The molecule has 0 radical (unpaired) electrons. The SMILES string of the molecule is CC.CCCCC(CC)(CN)CCC. The van der Waals surface area contributed by atoms with Gasteiger partial charge >= 0.3 is 0 Å². The van der Waals surface area contributed by atoms with E-state index >= 15 is 0 Å². The molecule has 2 N–H and O–H groups in total. The summed E-state index contributed by atoms with van der Waals surface area (Å²) in [6.07, 6.45) is 7.78. The van der Waals surface area contributed by atoms with Crippen LogP contribution in [0, 0.1) is 5.41 Å². The Bertz CT molecular complexity index is 95.4. The van der Waals surface area contributed by atoms with Gasteiger partial charge in [-0.1, -0.05) is 53.9 Å². The molecule has 0 aromatic rings. The third-order valence-corrected chi connectivity index (χ3v) is 3.02. The molecule has 0 saturated carbocycles. The Labute approximate surface area is 91.5 Å². The van der Waals surface area contributed by atoms with Crippen LogP contribution in [-0.2, 0) is 0 Å². The molecule has 1 heteroatoms. The van der Waals surface area contributed by atoms with Crippen LogP contribution < -0.4 is 5.73 Å². The molecule has 14 heavy (non-hydrogen) atoms. The highest BCUT2D eigenvalue weighted by atomic mass is 14.6. The first-order valence-corrected chi connectivity index (χ1v) is 6.44. The third kappa shape index (κ3) is 6.42. The van der Waals surface area contributed by atoms with Crippen molar-refractivity contribution in [1.29, 1.82) is 0 Å². The zero-order valence-corrected chi connectivity index (χ0v) is 11.0. The van der Waals surface area contributed by atoms with Crippen LogP contribution in [0.5, 0.6) is 0 Å². The van der Waals surface area contributed by atoms with E-state index in [1.54, 1.807) is 0 Å². The van der Waals surface area contributed by atoms with E-state index in [4.69, 9.17) is 5.73 Å². The summed E-state index contributed by atoms with van der Waals surface area (Å²) in [7, 11) is 0. The highest BCUT2D eigenvalue weighted by Crippen LogP contribution is 2.32. The van der Waals surface area contributed by atoms with Gasteiger partial charge in [-0.25, -0.2) is 0 Å². The van der Waals surface area contributed by atoms with Crippen LogP contribution in [0.15, 0.2) is 0 Å². The summed E-state index contributed by atoms with van der Waals surface area (Å²) < 4.78 is 0. The second-order valence-corrected chi connectivity index (χ2v) is 3.91. The smallest absolute Gasteiger partial charge is 0.00206 e. The summed E-state index contributed by atoms with van der Waals surface area (Å²) in [6.45, 7) is 11.7. The van der Waals surface area contributed by atoms with Gasteiger partial charge < -0.3 is 5.73 Å². The van der Waals surface area contributed by atoms with Crippen molar-refractivity contribution < 1.29 is 0 Å². The van der Waals surface area contributed by atoms with Gasteiger partial charge in [0.2, 0.25) is 0 Å². The van der Waals surface area contributed by atoms with Crippen LogP contribution in [0.1, 0.15) is 73.1 Å². The number of hydrogen-bond acceptors (Lipinski definition) is 1. The molecule has 1 nitrogen and oxygen atoms in total. The molecule has 0 heterocycles. The lowest BCUT2D eigenvalue weighted by Gasteiger charge is -2.31. The van der Waals surface area contributed by atoms with Gasteiger partial charge in [-0.15, -0.1) is 0 Å². The number of unbranched alkanes of at least 4 members (excludes halogenated alkanes) is 1. The molecular weight excluding hydrogens is 170 g/mol. The van der Waals surface area contributed by atoms with Crippen LogP contribution >= 0.6 is 0 Å². The second-order valence-electron chi connectivity index (χ2n) is 3.91. The maximum Gasteiger partial charge on any atom is -0.00206 e. The Morgan fingerprint density at radius 1 is 0.929 bits per heavy atom. The predicted octanol–water partition coefficient (Wildman–Crippen LogP) is 4.36. The summed E-state index contributed by atoms with van der Waals surface area (Å²) in [5.74, 6) is 0. The second kappa shape index (κ2) is 11.0. The summed E-state index contributed by atoms with van der Waals surface area (Å²) in [5.41, 5.74) is 6.31. The number of nitrogens with two attached hydrogens (primary N) is 1. The third-order valence-electron chi connectivity index (χ3n) is 3.02. The minimum absolute atomic E-state index is 0.463. The van der Waals surface area contributed by atoms with Crippen molar-refractivity contribution in [2.75, 3.05) is 6.54 Å². The van der Waals surface area contributed by atoms with Crippen molar-refractivity contribution in [3.63, 3.8) is 0 Å². The first kappa shape index (κ1) is 16.4. The van der Waals surface area contributed by atoms with Gasteiger partial charge in [-0.2, -0.15) is 0 Å². The molecule has 0 aliphatic carbocycles. The topological polar surface area (TPSA) is 26.0 Å². The summed E-state index contributed by atoms with van der Waals surface area (Å²) in [6, 6.07) is 0. The van der Waals surface area contributed by atoms with Crippen molar-refractivity contribution in [2.45, 2.75) is 73.1 Å². The van der Waals surface area contributed by atoms with Crippen LogP contribution in [-0.4, -0.2) is 6.54 Å². The van der Waals surface area contributed by atoms with Gasteiger partial charge in [-0.05, 0) is 31.2 Å². The molecule has 0 aliphatic rings. The van der Waals surface area contributed by atoms with Crippen molar-refractivity contribution in [2.24, 2.45) is 11.1 Å². The van der Waals surface area contributed by atoms with Crippen molar-refractivity contribution in [1.82, 2.24) is 0 Å². The highest BCUT2D eigenvalue weighted by molar-refractivity contribution is 4.78. The first-order valence-electron chi connectivity index (χ1n) is 6.44. The zero-order valence-electron chi connectivity index (χ0n) is 11.0. The summed E-state index contributed by atoms with van der Waals surface area (Å²) in [4.78, 5) is 0. The molecule has 0 saturated heterocycles. The zero-order chi connectivity index (χ0) is 11.4. The van der Waals surface area contributed by atoms with E-state index in [-0.39, 0.29) is 0 Å². The van der Waals surface area contributed by atoms with Crippen molar-refractivity contribution >= 4 is 0 Å². The van der Waals surface area contributed by atoms with Crippen LogP contribution in [0.4, 0.5) is 0 Å². The standard InChI is InChI=1S/C11H25N.C2H6/c1-4-7-9-11(6-3,10-12)8-5-2;1-2/h4-10,12H2,1-3H3;1-2H3. The molecule has 0 spiro atoms. The van der Waals surface area contributed by atoms with Gasteiger partial charge in [0.25, 0.3) is 0 Å². The summed E-state index contributed by atoms with van der Waals surface area (Å²) >= 11 is 0. The largest absolute Gasteiger partial charge is 0.330 e. The van der Waals surface area contributed by atoms with Gasteiger partial charge in [0, 0.05) is 0 Å². The van der Waals surface area contributed by atoms with E-state index in [0.29, 0.717) is 5.41 Å². The van der Waals surface area contributed by atoms with E-state index in [1.165, 1.54) is 38.5 Å². The molecule has 0 rings (SSSR count). The lowest BCUT2D eigenvalue weighted by atomic mass is 9.77. The molecule has 0 aromatic carbocycles. The van der Waals surface area contributed by atoms with Gasteiger partial charge in [-0.3, -0.25) is 0 Å². The highest BCUT2D eigenvalue weighted by Gasteiger charge is 2.24. The minimum atomic E-state index is 0.463. The maximum absolute atomic E-state index is 5.85. The van der Waals surface area contributed by atoms with Crippen molar-refractivity contribution in [3.05, 3.63) is 0 Å². The fourth-order valence-corrected chi connectivity index (χ4v) is 1.91. The molecule has 0 bridgehead atoms. The Balaban J connectivity index is 0. The summed E-state index contributed by atoms with van der Waals surface area (Å²) in [5, 5.41) is 0. The van der Waals surface area contributed by atoms with Crippen LogP contribution in [0.25, 0.3) is 0 Å². The van der Waals surface area contributed by atoms with Crippen LogP contribution in [0.2, 0.25) is 0 Å². The van der Waals surface area contributed by atoms with E-state index in [1.807, 2.05) is 13.8 Å². The Morgan fingerprint density at radius 3 is 1.79 bits per heavy atom. The Hall–Kier alpha value is -0.0400. The van der Waals surface area contributed by atoms with Gasteiger partial charge in [0.1, 0.15) is 0 Å². The normalized spacial score (nSPS) is 14.1. The van der Waals surface area contributed by atoms with Gasteiger partial charge in [0.15, 0.2) is 0 Å². The average Bonchev–Trinajstić information content (AvgIpc) is 2.27. The lowest BCUT2D eigenvalue weighted by molar-refractivity contribution is 0.230. The lowest BCUT2D eigenvalue weighted by Crippen LogP contribution is -2.29. The van der Waals surface area contributed by atoms with E-state index in [0.717, 1.165) is 6.54 Å². The average molecular weight is 201 g/mol. The van der Waals surface area contributed by atoms with Crippen LogP contribution in [0.3, 0.4) is 0 Å². The first-order chi connectivity index (χ1) is 6.74. The molecule has 0 aromatic heterocycles. The Morgan fingerprint density at radius 2 is 1.50 bits per heavy atom. The monoisotopic (exact) mass is 201 g/mol. The van der Waals surface area contributed by atoms with E-state index in [9.17, 15) is 0 Å². The fourth-order valence-electron chi connectivity index (χ4n) is 1.91. The van der Waals surface area contributed by atoms with E-state index < -0.39 is 0 Å². The van der Waals surface area contributed by atoms with Gasteiger partial charge in [0.05, 0.1) is 0 Å². The molecule has 0 amide bonds. The molecule has 0 fully saturated rings. The number of hydrogen-bond donors (Lipinski definition) is 1. The molecular formula is C13H31N. The van der Waals surface area contributed by atoms with E-state index in [2.05, 4.69) is 20.8 Å². The Kier molecular flexibility index (Phi) is 12.9. The number of rotatable bonds is 7. The predicted molar refractivity (Wildman–Crippen MR) is 67.6 cm³/mol. The molecule has 1 unspecified atom stereocenters. The minimum Gasteiger partial charge on any atom is -0.330 e. The molecule has 0 aliphatic heterocycles.